The zero-order valence-corrected chi connectivity index (χ0v) is 8.32. The molecule has 0 aromatic rings. The number of carbonyl (C=O) groups is 1. The lowest BCUT2D eigenvalue weighted by Crippen LogP contribution is -2.21. The van der Waals surface area contributed by atoms with E-state index in [1.807, 2.05) is 0 Å². The van der Waals surface area contributed by atoms with E-state index in [0.717, 1.165) is 0 Å². The average Bonchev–Trinajstić information content (AvgIpc) is 2.26. The minimum atomic E-state index is -1.83. The highest BCUT2D eigenvalue weighted by Gasteiger charge is 1.90. The molecule has 0 saturated heterocycles. The van der Waals surface area contributed by atoms with Gasteiger partial charge in [-0.15, -0.1) is 0 Å². The fourth-order valence-electron chi connectivity index (χ4n) is 0.0816. The smallest absolute Gasteiger partial charge is 0.450 e. The van der Waals surface area contributed by atoms with Gasteiger partial charge in [-0.25, -0.2) is 4.79 Å². The molecule has 0 amide bonds. The summed E-state index contributed by atoms with van der Waals surface area (Å²) in [5.41, 5.74) is 9.72. The topological polar surface area (TPSA) is 198 Å². The van der Waals surface area contributed by atoms with Gasteiger partial charge in [0.15, 0.2) is 0 Å². The number of aliphatic hydroxyl groups excluding tert-OH is 2. The van der Waals surface area contributed by atoms with Crippen LogP contribution in [0.5, 0.6) is 0 Å². The number of aliphatic hydroxyl groups is 2. The summed E-state index contributed by atoms with van der Waals surface area (Å²) < 4.78 is 0. The summed E-state index contributed by atoms with van der Waals surface area (Å²) in [6, 6.07) is 1.88. The van der Waals surface area contributed by atoms with Crippen molar-refractivity contribution in [3.8, 4) is 12.1 Å². The minimum absolute atomic E-state index is 0.253. The van der Waals surface area contributed by atoms with E-state index in [-0.39, 0.29) is 13.2 Å². The van der Waals surface area contributed by atoms with Crippen molar-refractivity contribution in [3.05, 3.63) is 0 Å². The van der Waals surface area contributed by atoms with Crippen LogP contribution in [0.3, 0.4) is 0 Å². The molecule has 16 heavy (non-hydrogen) atoms. The van der Waals surface area contributed by atoms with Crippen LogP contribution in [0.1, 0.15) is 0 Å². The van der Waals surface area contributed by atoms with E-state index in [1.54, 1.807) is 12.1 Å². The zero-order chi connectivity index (χ0) is 13.6. The van der Waals surface area contributed by atoms with Crippen LogP contribution in [-0.4, -0.2) is 51.9 Å². The third-order valence-corrected chi connectivity index (χ3v) is 0.725. The second-order valence-corrected chi connectivity index (χ2v) is 2.12. The predicted molar refractivity (Wildman–Crippen MR) is 52.0 cm³/mol. The van der Waals surface area contributed by atoms with Gasteiger partial charge >= 0.3 is 6.16 Å². The summed E-state index contributed by atoms with van der Waals surface area (Å²) in [6.45, 7) is -0.507. The van der Waals surface area contributed by atoms with Gasteiger partial charge in [0.25, 0.3) is 0 Å². The largest absolute Gasteiger partial charge is 0.503 e. The van der Waals surface area contributed by atoms with E-state index in [9.17, 15) is 0 Å². The number of nitriles is 2. The maximum Gasteiger partial charge on any atom is 0.503 e. The summed E-state index contributed by atoms with van der Waals surface area (Å²) >= 11 is 0. The Bertz CT molecular complexity index is 222. The van der Waals surface area contributed by atoms with Gasteiger partial charge in [0, 0.05) is 0 Å². The van der Waals surface area contributed by atoms with Crippen LogP contribution in [-0.2, 0) is 0 Å². The van der Waals surface area contributed by atoms with Gasteiger partial charge in [0.05, 0.1) is 25.4 Å². The van der Waals surface area contributed by atoms with E-state index >= 15 is 0 Å². The number of rotatable bonds is 2. The van der Waals surface area contributed by atoms with Gasteiger partial charge < -0.3 is 31.9 Å². The first-order valence-corrected chi connectivity index (χ1v) is 3.79. The van der Waals surface area contributed by atoms with E-state index in [4.69, 9.17) is 47.2 Å². The van der Waals surface area contributed by atoms with Crippen molar-refractivity contribution >= 4 is 6.16 Å². The molecule has 0 aromatic carbocycles. The summed E-state index contributed by atoms with van der Waals surface area (Å²) in [7, 11) is 0. The van der Waals surface area contributed by atoms with Gasteiger partial charge in [-0.3, -0.25) is 0 Å². The molecule has 0 aliphatic carbocycles. The third-order valence-electron chi connectivity index (χ3n) is 0.725. The first kappa shape index (κ1) is 19.6. The highest BCUT2D eigenvalue weighted by Crippen LogP contribution is 1.64. The Labute approximate surface area is 91.7 Å². The third kappa shape index (κ3) is 40.1. The van der Waals surface area contributed by atoms with Crippen molar-refractivity contribution in [3.63, 3.8) is 0 Å². The highest BCUT2D eigenvalue weighted by molar-refractivity contribution is 5.53. The van der Waals surface area contributed by atoms with Crippen molar-refractivity contribution in [2.45, 2.75) is 12.1 Å². The fraction of sp³-hybridized carbons (Fsp3) is 0.571. The molecule has 0 fully saturated rings. The molecule has 0 radical (unpaired) electrons. The van der Waals surface area contributed by atoms with Gasteiger partial charge in [0.2, 0.25) is 0 Å². The van der Waals surface area contributed by atoms with Crippen LogP contribution in [0.4, 0.5) is 4.79 Å². The van der Waals surface area contributed by atoms with Crippen LogP contribution in [0.2, 0.25) is 0 Å². The molecule has 8 N–H and O–H groups in total. The first-order chi connectivity index (χ1) is 7.35. The number of hydrogen-bond donors (Lipinski definition) is 6. The lowest BCUT2D eigenvalue weighted by Gasteiger charge is -1.88. The Hall–Kier alpha value is -1.91. The number of nitrogens with zero attached hydrogens (tertiary/aromatic N) is 2. The van der Waals surface area contributed by atoms with Crippen LogP contribution in [0.15, 0.2) is 0 Å². The van der Waals surface area contributed by atoms with Crippen molar-refractivity contribution in [1.82, 2.24) is 0 Å². The number of carboxylic acid groups (broad SMARTS) is 2. The maximum absolute atomic E-state index is 8.56. The van der Waals surface area contributed by atoms with Crippen molar-refractivity contribution < 1.29 is 25.2 Å². The fourth-order valence-corrected chi connectivity index (χ4v) is 0.0816. The molecule has 92 valence electrons. The molecule has 0 aliphatic heterocycles. The van der Waals surface area contributed by atoms with E-state index in [2.05, 4.69) is 0 Å². The second-order valence-electron chi connectivity index (χ2n) is 2.12. The standard InChI is InChI=1S/2C3H6N2O.CH2O3/c2*4-1-3(5)2-6;2-1(3)4/h2*3,6H,2,5H2;(H2,2,3,4). The van der Waals surface area contributed by atoms with Crippen LogP contribution < -0.4 is 11.5 Å². The molecule has 9 nitrogen and oxygen atoms in total. The van der Waals surface area contributed by atoms with Crippen LogP contribution in [0.25, 0.3) is 0 Å². The lowest BCUT2D eigenvalue weighted by atomic mass is 10.4. The Morgan fingerprint density at radius 3 is 1.25 bits per heavy atom. The van der Waals surface area contributed by atoms with Crippen molar-refractivity contribution in [1.29, 1.82) is 10.5 Å². The molecule has 0 heterocycles. The molecule has 2 atom stereocenters. The molecule has 0 bridgehead atoms. The zero-order valence-electron chi connectivity index (χ0n) is 8.32. The molecule has 0 rings (SSSR count). The summed E-state index contributed by atoms with van der Waals surface area (Å²) in [6.07, 6.45) is -1.83. The maximum atomic E-state index is 8.56. The highest BCUT2D eigenvalue weighted by atomic mass is 16.6. The Morgan fingerprint density at radius 1 is 1.06 bits per heavy atom. The van der Waals surface area contributed by atoms with Gasteiger partial charge in [0.1, 0.15) is 12.1 Å². The van der Waals surface area contributed by atoms with Crippen LogP contribution in [0, 0.1) is 22.7 Å². The molecular formula is C7H14N4O5. The summed E-state index contributed by atoms with van der Waals surface area (Å²) in [5, 5.41) is 45.5. The Kier molecular flexibility index (Phi) is 19.1. The van der Waals surface area contributed by atoms with Crippen LogP contribution >= 0.6 is 0 Å². The monoisotopic (exact) mass is 234 g/mol. The average molecular weight is 234 g/mol. The summed E-state index contributed by atoms with van der Waals surface area (Å²) in [4.78, 5) is 8.56. The Morgan fingerprint density at radius 2 is 1.25 bits per heavy atom. The first-order valence-electron chi connectivity index (χ1n) is 3.79. The molecule has 0 aliphatic rings. The minimum Gasteiger partial charge on any atom is -0.450 e. The number of nitrogens with two attached hydrogens (primary N) is 2. The molecule has 2 unspecified atom stereocenters. The molecule has 0 aromatic heterocycles. The molecule has 0 saturated carbocycles. The van der Waals surface area contributed by atoms with E-state index < -0.39 is 18.2 Å². The molecule has 9 heteroatoms. The SMILES string of the molecule is N#CC(N)CO.N#CC(N)CO.O=C(O)O. The van der Waals surface area contributed by atoms with Crippen molar-refractivity contribution in [2.75, 3.05) is 13.2 Å². The van der Waals surface area contributed by atoms with Gasteiger partial charge in [-0.05, 0) is 0 Å². The van der Waals surface area contributed by atoms with E-state index in [1.165, 1.54) is 0 Å². The molecule has 0 spiro atoms. The summed E-state index contributed by atoms with van der Waals surface area (Å²) in [5.74, 6) is 0. The lowest BCUT2D eigenvalue weighted by molar-refractivity contribution is 0.137. The van der Waals surface area contributed by atoms with Gasteiger partial charge in [-0.2, -0.15) is 10.5 Å². The Balaban J connectivity index is -0.000000162. The van der Waals surface area contributed by atoms with Crippen molar-refractivity contribution in [2.24, 2.45) is 11.5 Å². The van der Waals surface area contributed by atoms with Gasteiger partial charge in [-0.1, -0.05) is 0 Å². The predicted octanol–water partition coefficient (Wildman–Crippen LogP) is -2.12. The molecular weight excluding hydrogens is 220 g/mol. The van der Waals surface area contributed by atoms with E-state index in [0.29, 0.717) is 0 Å². The quantitative estimate of drug-likeness (QED) is 0.309. The second kappa shape index (κ2) is 15.6. The number of hydrogen-bond acceptors (Lipinski definition) is 7. The normalized spacial score (nSPS) is 11.1.